The summed E-state index contributed by atoms with van der Waals surface area (Å²) in [5.41, 5.74) is 1.37. The standard InChI is InChI=1S/C10H8Cl2F2O/c1-6(5-11)7-2-3-9(8(12)4-7)15-10(13)14/h2-4,10H,1,5H2. The van der Waals surface area contributed by atoms with Crippen molar-refractivity contribution in [2.45, 2.75) is 6.61 Å². The molecule has 0 bridgehead atoms. The molecule has 0 amide bonds. The average Bonchev–Trinajstić information content (AvgIpc) is 2.19. The number of ether oxygens (including phenoxy) is 1. The lowest BCUT2D eigenvalue weighted by molar-refractivity contribution is -0.0497. The highest BCUT2D eigenvalue weighted by atomic mass is 35.5. The minimum absolute atomic E-state index is 0.0576. The Morgan fingerprint density at radius 2 is 2.13 bits per heavy atom. The molecule has 15 heavy (non-hydrogen) atoms. The normalized spacial score (nSPS) is 10.5. The maximum Gasteiger partial charge on any atom is 0.387 e. The fourth-order valence-electron chi connectivity index (χ4n) is 0.989. The van der Waals surface area contributed by atoms with Crippen molar-refractivity contribution < 1.29 is 13.5 Å². The molecule has 0 spiro atoms. The minimum Gasteiger partial charge on any atom is -0.433 e. The number of hydrogen-bond acceptors (Lipinski definition) is 1. The first-order valence-corrected chi connectivity index (χ1v) is 4.94. The molecule has 0 N–H and O–H groups in total. The molecule has 0 aliphatic heterocycles. The summed E-state index contributed by atoms with van der Waals surface area (Å²) in [4.78, 5) is 0. The lowest BCUT2D eigenvalue weighted by Crippen LogP contribution is -2.02. The van der Waals surface area contributed by atoms with Crippen molar-refractivity contribution in [2.75, 3.05) is 5.88 Å². The van der Waals surface area contributed by atoms with E-state index in [1.165, 1.54) is 12.1 Å². The van der Waals surface area contributed by atoms with Gasteiger partial charge in [-0.25, -0.2) is 0 Å². The molecule has 0 aliphatic rings. The minimum atomic E-state index is -2.88. The largest absolute Gasteiger partial charge is 0.433 e. The highest BCUT2D eigenvalue weighted by Gasteiger charge is 2.09. The summed E-state index contributed by atoms with van der Waals surface area (Å²) in [6, 6.07) is 4.43. The van der Waals surface area contributed by atoms with Crippen molar-refractivity contribution in [1.29, 1.82) is 0 Å². The summed E-state index contributed by atoms with van der Waals surface area (Å²) in [5, 5.41) is 0.110. The molecule has 0 unspecified atom stereocenters. The Morgan fingerprint density at radius 1 is 1.47 bits per heavy atom. The number of hydrogen-bond donors (Lipinski definition) is 0. The molecule has 1 rings (SSSR count). The van der Waals surface area contributed by atoms with Gasteiger partial charge in [0, 0.05) is 5.88 Å². The summed E-state index contributed by atoms with van der Waals surface area (Å²) in [7, 11) is 0. The van der Waals surface area contributed by atoms with E-state index in [2.05, 4.69) is 11.3 Å². The highest BCUT2D eigenvalue weighted by Crippen LogP contribution is 2.29. The third-order valence-electron chi connectivity index (χ3n) is 1.72. The van der Waals surface area contributed by atoms with Crippen molar-refractivity contribution in [3.8, 4) is 5.75 Å². The summed E-state index contributed by atoms with van der Waals surface area (Å²) in [6.07, 6.45) is 0. The molecule has 0 aromatic heterocycles. The van der Waals surface area contributed by atoms with Gasteiger partial charge in [-0.1, -0.05) is 24.2 Å². The Bertz CT molecular complexity index is 366. The highest BCUT2D eigenvalue weighted by molar-refractivity contribution is 6.32. The molecule has 5 heteroatoms. The van der Waals surface area contributed by atoms with Gasteiger partial charge < -0.3 is 4.74 Å². The van der Waals surface area contributed by atoms with Gasteiger partial charge in [0.1, 0.15) is 5.75 Å². The Hall–Kier alpha value is -0.800. The molecule has 1 aromatic rings. The molecule has 1 nitrogen and oxygen atoms in total. The monoisotopic (exact) mass is 252 g/mol. The summed E-state index contributed by atoms with van der Waals surface area (Å²) >= 11 is 11.3. The second-order valence-electron chi connectivity index (χ2n) is 2.76. The Labute approximate surface area is 96.3 Å². The second-order valence-corrected chi connectivity index (χ2v) is 3.44. The lowest BCUT2D eigenvalue weighted by atomic mass is 10.1. The Kier molecular flexibility index (Phi) is 4.36. The SMILES string of the molecule is C=C(CCl)c1ccc(OC(F)F)c(Cl)c1. The number of benzene rings is 1. The van der Waals surface area contributed by atoms with Gasteiger partial charge in [0.15, 0.2) is 0 Å². The maximum atomic E-state index is 11.9. The predicted molar refractivity (Wildman–Crippen MR) is 57.8 cm³/mol. The summed E-state index contributed by atoms with van der Waals surface area (Å²) in [6.45, 7) is 0.811. The fourth-order valence-corrected chi connectivity index (χ4v) is 1.37. The molecule has 0 radical (unpaired) electrons. The molecular formula is C10H8Cl2F2O. The van der Waals surface area contributed by atoms with Gasteiger partial charge >= 0.3 is 6.61 Å². The van der Waals surface area contributed by atoms with Gasteiger partial charge in [-0.15, -0.1) is 11.6 Å². The van der Waals surface area contributed by atoms with Gasteiger partial charge in [-0.3, -0.25) is 0 Å². The zero-order valence-corrected chi connectivity index (χ0v) is 9.16. The fraction of sp³-hybridized carbons (Fsp3) is 0.200. The number of halogens is 4. The van der Waals surface area contributed by atoms with Gasteiger partial charge in [0.05, 0.1) is 5.02 Å². The van der Waals surface area contributed by atoms with Crippen LogP contribution in [0.5, 0.6) is 5.75 Å². The van der Waals surface area contributed by atoms with E-state index in [1.54, 1.807) is 6.07 Å². The van der Waals surface area contributed by atoms with Crippen LogP contribution < -0.4 is 4.74 Å². The van der Waals surface area contributed by atoms with E-state index in [4.69, 9.17) is 23.2 Å². The molecule has 0 fully saturated rings. The maximum absolute atomic E-state index is 11.9. The molecular weight excluding hydrogens is 245 g/mol. The van der Waals surface area contributed by atoms with Crippen molar-refractivity contribution in [3.05, 3.63) is 35.4 Å². The van der Waals surface area contributed by atoms with E-state index in [0.717, 1.165) is 0 Å². The number of allylic oxidation sites excluding steroid dienone is 1. The predicted octanol–water partition coefficient (Wildman–Crippen LogP) is 4.19. The molecule has 0 aliphatic carbocycles. The Balaban J connectivity index is 2.93. The average molecular weight is 253 g/mol. The number of rotatable bonds is 4. The topological polar surface area (TPSA) is 9.23 Å². The number of alkyl halides is 3. The van der Waals surface area contributed by atoms with E-state index < -0.39 is 6.61 Å². The van der Waals surface area contributed by atoms with Crippen LogP contribution in [-0.4, -0.2) is 12.5 Å². The third-order valence-corrected chi connectivity index (χ3v) is 2.34. The van der Waals surface area contributed by atoms with Crippen molar-refractivity contribution in [2.24, 2.45) is 0 Å². The van der Waals surface area contributed by atoms with Gasteiger partial charge in [-0.05, 0) is 23.3 Å². The van der Waals surface area contributed by atoms with Crippen LogP contribution in [0.2, 0.25) is 5.02 Å². The molecule has 0 atom stereocenters. The van der Waals surface area contributed by atoms with Crippen LogP contribution in [0.1, 0.15) is 5.56 Å². The van der Waals surface area contributed by atoms with E-state index in [1.807, 2.05) is 0 Å². The van der Waals surface area contributed by atoms with Crippen LogP contribution in [0.15, 0.2) is 24.8 Å². The zero-order chi connectivity index (χ0) is 11.4. The summed E-state index contributed by atoms with van der Waals surface area (Å²) in [5.74, 6) is 0.198. The first-order valence-electron chi connectivity index (χ1n) is 4.03. The smallest absolute Gasteiger partial charge is 0.387 e. The van der Waals surface area contributed by atoms with Crippen LogP contribution in [0.4, 0.5) is 8.78 Å². The quantitative estimate of drug-likeness (QED) is 0.731. The van der Waals surface area contributed by atoms with Gasteiger partial charge in [0.2, 0.25) is 0 Å². The van der Waals surface area contributed by atoms with Gasteiger partial charge in [0.25, 0.3) is 0 Å². The Morgan fingerprint density at radius 3 is 2.60 bits per heavy atom. The van der Waals surface area contributed by atoms with E-state index in [9.17, 15) is 8.78 Å². The van der Waals surface area contributed by atoms with Crippen LogP contribution in [0.3, 0.4) is 0 Å². The van der Waals surface area contributed by atoms with Crippen molar-refractivity contribution in [1.82, 2.24) is 0 Å². The molecule has 0 saturated carbocycles. The molecule has 1 aromatic carbocycles. The molecule has 0 heterocycles. The van der Waals surface area contributed by atoms with Crippen LogP contribution >= 0.6 is 23.2 Å². The molecule has 0 saturated heterocycles. The van der Waals surface area contributed by atoms with E-state index in [-0.39, 0.29) is 16.7 Å². The van der Waals surface area contributed by atoms with Crippen molar-refractivity contribution >= 4 is 28.8 Å². The van der Waals surface area contributed by atoms with Gasteiger partial charge in [-0.2, -0.15) is 8.78 Å². The van der Waals surface area contributed by atoms with E-state index in [0.29, 0.717) is 11.1 Å². The van der Waals surface area contributed by atoms with Crippen LogP contribution in [0.25, 0.3) is 5.57 Å². The van der Waals surface area contributed by atoms with Crippen molar-refractivity contribution in [3.63, 3.8) is 0 Å². The zero-order valence-electron chi connectivity index (χ0n) is 7.64. The molecule has 82 valence electrons. The third kappa shape index (κ3) is 3.36. The van der Waals surface area contributed by atoms with Crippen LogP contribution in [-0.2, 0) is 0 Å². The first-order chi connectivity index (χ1) is 7.04. The summed E-state index contributed by atoms with van der Waals surface area (Å²) < 4.78 is 28.0. The first kappa shape index (κ1) is 12.3. The van der Waals surface area contributed by atoms with Crippen LogP contribution in [0, 0.1) is 0 Å². The van der Waals surface area contributed by atoms with E-state index >= 15 is 0 Å². The second kappa shape index (κ2) is 5.33. The lowest BCUT2D eigenvalue weighted by Gasteiger charge is -2.08.